The second-order valence-electron chi connectivity index (χ2n) is 3.12. The van der Waals surface area contributed by atoms with Gasteiger partial charge in [-0.15, -0.1) is 12.3 Å². The lowest BCUT2D eigenvalue weighted by molar-refractivity contribution is 0.901. The molecule has 3 N–H and O–H groups in total. The van der Waals surface area contributed by atoms with Crippen molar-refractivity contribution in [3.63, 3.8) is 0 Å². The average molecular weight is 189 g/mol. The van der Waals surface area contributed by atoms with E-state index in [1.54, 1.807) is 6.20 Å². The standard InChI is InChI=1S/C11H15N3/c1-3-4-5-7-13-11-10(12)9(2)6-8-14-11/h1,6,8H,4-5,7,12H2,2H3,(H,13,14). The number of nitrogens with two attached hydrogens (primary N) is 1. The Bertz CT molecular complexity index is 339. The van der Waals surface area contributed by atoms with Crippen molar-refractivity contribution < 1.29 is 0 Å². The molecule has 1 rings (SSSR count). The summed E-state index contributed by atoms with van der Waals surface area (Å²) in [7, 11) is 0. The van der Waals surface area contributed by atoms with E-state index in [1.165, 1.54) is 0 Å². The van der Waals surface area contributed by atoms with Gasteiger partial charge in [0, 0.05) is 19.2 Å². The van der Waals surface area contributed by atoms with Crippen molar-refractivity contribution >= 4 is 11.5 Å². The number of hydrogen-bond donors (Lipinski definition) is 2. The molecular weight excluding hydrogens is 174 g/mol. The van der Waals surface area contributed by atoms with Gasteiger partial charge in [0.25, 0.3) is 0 Å². The summed E-state index contributed by atoms with van der Waals surface area (Å²) in [6, 6.07) is 1.89. The van der Waals surface area contributed by atoms with Crippen LogP contribution in [0.15, 0.2) is 12.3 Å². The van der Waals surface area contributed by atoms with E-state index >= 15 is 0 Å². The lowest BCUT2D eigenvalue weighted by Crippen LogP contribution is -2.06. The van der Waals surface area contributed by atoms with Gasteiger partial charge in [0.05, 0.1) is 5.69 Å². The lowest BCUT2D eigenvalue weighted by atomic mass is 10.2. The van der Waals surface area contributed by atoms with Crippen molar-refractivity contribution in [1.82, 2.24) is 4.98 Å². The Kier molecular flexibility index (Phi) is 3.81. The molecule has 0 spiro atoms. The first-order valence-corrected chi connectivity index (χ1v) is 4.64. The molecule has 1 aromatic heterocycles. The van der Waals surface area contributed by atoms with E-state index in [2.05, 4.69) is 16.2 Å². The third-order valence-electron chi connectivity index (χ3n) is 2.00. The second-order valence-corrected chi connectivity index (χ2v) is 3.12. The summed E-state index contributed by atoms with van der Waals surface area (Å²) in [5, 5.41) is 3.16. The monoisotopic (exact) mass is 189 g/mol. The number of aryl methyl sites for hydroxylation is 1. The first kappa shape index (κ1) is 10.4. The molecule has 1 heterocycles. The number of unbranched alkanes of at least 4 members (excludes halogenated alkanes) is 1. The van der Waals surface area contributed by atoms with Crippen molar-refractivity contribution in [3.05, 3.63) is 17.8 Å². The fourth-order valence-electron chi connectivity index (χ4n) is 1.11. The summed E-state index contributed by atoms with van der Waals surface area (Å²) in [6.45, 7) is 2.77. The summed E-state index contributed by atoms with van der Waals surface area (Å²) in [4.78, 5) is 4.15. The van der Waals surface area contributed by atoms with E-state index in [0.717, 1.165) is 30.8 Å². The minimum absolute atomic E-state index is 0.716. The molecule has 0 atom stereocenters. The topological polar surface area (TPSA) is 50.9 Å². The SMILES string of the molecule is C#CCCCNc1nccc(C)c1N. The van der Waals surface area contributed by atoms with Gasteiger partial charge in [-0.25, -0.2) is 4.98 Å². The summed E-state index contributed by atoms with van der Waals surface area (Å²) in [5.74, 6) is 3.34. The molecule has 3 nitrogen and oxygen atoms in total. The van der Waals surface area contributed by atoms with Crippen LogP contribution in [-0.2, 0) is 0 Å². The highest BCUT2D eigenvalue weighted by Gasteiger charge is 2.00. The molecule has 0 aliphatic carbocycles. The van der Waals surface area contributed by atoms with E-state index in [4.69, 9.17) is 12.2 Å². The quantitative estimate of drug-likeness (QED) is 0.561. The highest BCUT2D eigenvalue weighted by Crippen LogP contribution is 2.18. The maximum Gasteiger partial charge on any atom is 0.149 e. The van der Waals surface area contributed by atoms with Crippen molar-refractivity contribution in [2.24, 2.45) is 0 Å². The first-order valence-electron chi connectivity index (χ1n) is 4.64. The first-order chi connectivity index (χ1) is 6.75. The summed E-state index contributed by atoms with van der Waals surface area (Å²) < 4.78 is 0. The van der Waals surface area contributed by atoms with Gasteiger partial charge in [-0.05, 0) is 25.0 Å². The number of nitrogens with zero attached hydrogens (tertiary/aromatic N) is 1. The van der Waals surface area contributed by atoms with E-state index in [0.29, 0.717) is 5.69 Å². The van der Waals surface area contributed by atoms with Crippen LogP contribution in [0.25, 0.3) is 0 Å². The minimum Gasteiger partial charge on any atom is -0.396 e. The zero-order valence-corrected chi connectivity index (χ0v) is 8.38. The normalized spacial score (nSPS) is 9.43. The number of nitrogen functional groups attached to an aromatic ring is 1. The van der Waals surface area contributed by atoms with E-state index in [1.807, 2.05) is 13.0 Å². The van der Waals surface area contributed by atoms with E-state index < -0.39 is 0 Å². The minimum atomic E-state index is 0.716. The Hall–Kier alpha value is -1.69. The van der Waals surface area contributed by atoms with Crippen LogP contribution in [-0.4, -0.2) is 11.5 Å². The molecule has 0 amide bonds. The predicted molar refractivity (Wildman–Crippen MR) is 59.9 cm³/mol. The largest absolute Gasteiger partial charge is 0.396 e. The number of rotatable bonds is 4. The Morgan fingerprint density at radius 1 is 1.64 bits per heavy atom. The van der Waals surface area contributed by atoms with Crippen LogP contribution in [0.2, 0.25) is 0 Å². The molecule has 0 aliphatic rings. The van der Waals surface area contributed by atoms with Crippen molar-refractivity contribution in [2.75, 3.05) is 17.6 Å². The third-order valence-corrected chi connectivity index (χ3v) is 2.00. The Morgan fingerprint density at radius 2 is 2.43 bits per heavy atom. The maximum absolute atomic E-state index is 5.83. The van der Waals surface area contributed by atoms with Gasteiger partial charge in [0.2, 0.25) is 0 Å². The Balaban J connectivity index is 2.51. The van der Waals surface area contributed by atoms with Gasteiger partial charge in [-0.2, -0.15) is 0 Å². The third kappa shape index (κ3) is 2.67. The van der Waals surface area contributed by atoms with Crippen LogP contribution < -0.4 is 11.1 Å². The fraction of sp³-hybridized carbons (Fsp3) is 0.364. The molecule has 0 fully saturated rings. The molecule has 0 saturated heterocycles. The molecule has 1 aromatic rings. The van der Waals surface area contributed by atoms with Gasteiger partial charge in [-0.3, -0.25) is 0 Å². The molecule has 0 bridgehead atoms. The number of pyridine rings is 1. The van der Waals surface area contributed by atoms with Crippen LogP contribution in [0.1, 0.15) is 18.4 Å². The predicted octanol–water partition coefficient (Wildman–Crippen LogP) is 1.80. The molecule has 0 radical (unpaired) electrons. The van der Waals surface area contributed by atoms with Gasteiger partial charge < -0.3 is 11.1 Å². The van der Waals surface area contributed by atoms with Crippen molar-refractivity contribution in [1.29, 1.82) is 0 Å². The second kappa shape index (κ2) is 5.13. The van der Waals surface area contributed by atoms with Crippen LogP contribution >= 0.6 is 0 Å². The zero-order valence-electron chi connectivity index (χ0n) is 8.38. The molecular formula is C11H15N3. The summed E-state index contributed by atoms with van der Waals surface area (Å²) in [5.41, 5.74) is 7.59. The highest BCUT2D eigenvalue weighted by atomic mass is 15.0. The van der Waals surface area contributed by atoms with Crippen molar-refractivity contribution in [3.8, 4) is 12.3 Å². The molecule has 0 aliphatic heterocycles. The molecule has 74 valence electrons. The van der Waals surface area contributed by atoms with Crippen LogP contribution in [0, 0.1) is 19.3 Å². The number of anilines is 2. The summed E-state index contributed by atoms with van der Waals surface area (Å²) >= 11 is 0. The fourth-order valence-corrected chi connectivity index (χ4v) is 1.11. The molecule has 0 aromatic carbocycles. The number of hydrogen-bond acceptors (Lipinski definition) is 3. The van der Waals surface area contributed by atoms with E-state index in [-0.39, 0.29) is 0 Å². The highest BCUT2D eigenvalue weighted by molar-refractivity contribution is 5.64. The van der Waals surface area contributed by atoms with Gasteiger partial charge in [-0.1, -0.05) is 0 Å². The number of nitrogens with one attached hydrogen (secondary N) is 1. The molecule has 3 heteroatoms. The van der Waals surface area contributed by atoms with Gasteiger partial charge in [0.1, 0.15) is 5.82 Å². The van der Waals surface area contributed by atoms with Crippen LogP contribution in [0.5, 0.6) is 0 Å². The van der Waals surface area contributed by atoms with Gasteiger partial charge in [0.15, 0.2) is 0 Å². The van der Waals surface area contributed by atoms with Crippen LogP contribution in [0.3, 0.4) is 0 Å². The van der Waals surface area contributed by atoms with E-state index in [9.17, 15) is 0 Å². The molecule has 0 unspecified atom stereocenters. The van der Waals surface area contributed by atoms with Gasteiger partial charge >= 0.3 is 0 Å². The molecule has 14 heavy (non-hydrogen) atoms. The van der Waals surface area contributed by atoms with Crippen LogP contribution in [0.4, 0.5) is 11.5 Å². The summed E-state index contributed by atoms with van der Waals surface area (Å²) in [6.07, 6.45) is 8.60. The maximum atomic E-state index is 5.83. The lowest BCUT2D eigenvalue weighted by Gasteiger charge is -2.08. The molecule has 0 saturated carbocycles. The number of aromatic nitrogens is 1. The zero-order chi connectivity index (χ0) is 10.4. The Labute approximate surface area is 84.7 Å². The smallest absolute Gasteiger partial charge is 0.149 e. The number of terminal acetylenes is 1. The van der Waals surface area contributed by atoms with Crippen molar-refractivity contribution in [2.45, 2.75) is 19.8 Å². The Morgan fingerprint density at radius 3 is 3.14 bits per heavy atom. The average Bonchev–Trinajstić information content (AvgIpc) is 2.19.